The number of amides is 2. The molecule has 0 saturated heterocycles. The Kier molecular flexibility index (Phi) is 6.20. The molecule has 3 rings (SSSR count). The number of nitrogens with one attached hydrogen (secondary N) is 3. The molecule has 7 nitrogen and oxygen atoms in total. The summed E-state index contributed by atoms with van der Waals surface area (Å²) in [7, 11) is 0. The molecule has 0 spiro atoms. The van der Waals surface area contributed by atoms with Gasteiger partial charge in [0.1, 0.15) is 11.3 Å². The van der Waals surface area contributed by atoms with Crippen LogP contribution in [0.1, 0.15) is 15.9 Å². The van der Waals surface area contributed by atoms with Crippen LogP contribution in [0.15, 0.2) is 72.9 Å². The SMILES string of the molecule is Cc1ccc(NCC(=O)NNC(=O)c2cccnc2Oc2ccccc2)cc1. The average molecular weight is 376 g/mol. The number of hydrazine groups is 1. The summed E-state index contributed by atoms with van der Waals surface area (Å²) in [5, 5.41) is 2.98. The van der Waals surface area contributed by atoms with Gasteiger partial charge in [-0.05, 0) is 43.3 Å². The standard InChI is InChI=1S/C21H20N4O3/c1-15-9-11-16(12-10-15)23-14-19(26)24-25-20(27)18-8-5-13-22-21(18)28-17-6-3-2-4-7-17/h2-13,23H,14H2,1H3,(H,24,26)(H,25,27). The van der Waals surface area contributed by atoms with Crippen LogP contribution in [0, 0.1) is 6.92 Å². The third-order valence-electron chi connectivity index (χ3n) is 3.79. The Labute approximate surface area is 162 Å². The summed E-state index contributed by atoms with van der Waals surface area (Å²) in [5.41, 5.74) is 6.90. The number of aromatic nitrogens is 1. The van der Waals surface area contributed by atoms with Crippen molar-refractivity contribution < 1.29 is 14.3 Å². The summed E-state index contributed by atoms with van der Waals surface area (Å²) in [5.74, 6) is -0.203. The van der Waals surface area contributed by atoms with Gasteiger partial charge in [0.2, 0.25) is 5.88 Å². The Bertz CT molecular complexity index is 943. The molecule has 7 heteroatoms. The van der Waals surface area contributed by atoms with Gasteiger partial charge in [-0.25, -0.2) is 4.98 Å². The third-order valence-corrected chi connectivity index (χ3v) is 3.79. The number of anilines is 1. The van der Waals surface area contributed by atoms with Gasteiger partial charge < -0.3 is 10.1 Å². The van der Waals surface area contributed by atoms with Crippen LogP contribution in [0.25, 0.3) is 0 Å². The van der Waals surface area contributed by atoms with Gasteiger partial charge in [0.05, 0.1) is 6.54 Å². The minimum absolute atomic E-state index is 0.0176. The Hall–Kier alpha value is -3.87. The van der Waals surface area contributed by atoms with Gasteiger partial charge in [-0.2, -0.15) is 0 Å². The number of rotatable bonds is 6. The van der Waals surface area contributed by atoms with Crippen molar-refractivity contribution in [1.82, 2.24) is 15.8 Å². The first-order valence-corrected chi connectivity index (χ1v) is 8.69. The molecular weight excluding hydrogens is 356 g/mol. The molecular formula is C21H20N4O3. The zero-order valence-electron chi connectivity index (χ0n) is 15.3. The van der Waals surface area contributed by atoms with Crippen LogP contribution in [-0.2, 0) is 4.79 Å². The first-order chi connectivity index (χ1) is 13.6. The second-order valence-electron chi connectivity index (χ2n) is 5.99. The van der Waals surface area contributed by atoms with Crippen LogP contribution in [0.2, 0.25) is 0 Å². The molecule has 0 radical (unpaired) electrons. The van der Waals surface area contributed by atoms with Crippen LogP contribution in [-0.4, -0.2) is 23.3 Å². The number of carbonyl (C=O) groups excluding carboxylic acids is 2. The second kappa shape index (κ2) is 9.18. The van der Waals surface area contributed by atoms with Crippen LogP contribution < -0.4 is 20.9 Å². The average Bonchev–Trinajstić information content (AvgIpc) is 2.73. The molecule has 1 heterocycles. The maximum atomic E-state index is 12.4. The van der Waals surface area contributed by atoms with E-state index in [1.165, 1.54) is 6.20 Å². The number of aryl methyl sites for hydroxylation is 1. The first-order valence-electron chi connectivity index (χ1n) is 8.69. The van der Waals surface area contributed by atoms with E-state index in [-0.39, 0.29) is 23.9 Å². The van der Waals surface area contributed by atoms with E-state index < -0.39 is 5.91 Å². The van der Waals surface area contributed by atoms with E-state index in [1.807, 2.05) is 49.4 Å². The predicted octanol–water partition coefficient (Wildman–Crippen LogP) is 3.06. The van der Waals surface area contributed by atoms with Crippen LogP contribution in [0.5, 0.6) is 11.6 Å². The quantitative estimate of drug-likeness (QED) is 0.575. The second-order valence-corrected chi connectivity index (χ2v) is 5.99. The van der Waals surface area contributed by atoms with Gasteiger partial charge in [0, 0.05) is 11.9 Å². The molecule has 0 aliphatic carbocycles. The summed E-state index contributed by atoms with van der Waals surface area (Å²) in [6, 6.07) is 19.8. The Morgan fingerprint density at radius 1 is 0.929 bits per heavy atom. The predicted molar refractivity (Wildman–Crippen MR) is 106 cm³/mol. The number of hydrogen-bond donors (Lipinski definition) is 3. The zero-order valence-corrected chi connectivity index (χ0v) is 15.3. The van der Waals surface area contributed by atoms with Crippen molar-refractivity contribution in [2.24, 2.45) is 0 Å². The molecule has 1 aromatic heterocycles. The summed E-state index contributed by atoms with van der Waals surface area (Å²) < 4.78 is 5.66. The lowest BCUT2D eigenvalue weighted by Crippen LogP contribution is -2.44. The molecule has 0 fully saturated rings. The van der Waals surface area contributed by atoms with Crippen molar-refractivity contribution in [3.05, 3.63) is 84.1 Å². The van der Waals surface area contributed by atoms with Crippen LogP contribution in [0.3, 0.4) is 0 Å². The fourth-order valence-corrected chi connectivity index (χ4v) is 2.34. The van der Waals surface area contributed by atoms with Crippen molar-refractivity contribution >= 4 is 17.5 Å². The van der Waals surface area contributed by atoms with E-state index in [0.29, 0.717) is 5.75 Å². The largest absolute Gasteiger partial charge is 0.438 e. The highest BCUT2D eigenvalue weighted by Crippen LogP contribution is 2.22. The maximum absolute atomic E-state index is 12.4. The monoisotopic (exact) mass is 376 g/mol. The lowest BCUT2D eigenvalue weighted by Gasteiger charge is -2.11. The van der Waals surface area contributed by atoms with E-state index in [9.17, 15) is 9.59 Å². The normalized spacial score (nSPS) is 10.0. The molecule has 0 atom stereocenters. The Balaban J connectivity index is 1.54. The van der Waals surface area contributed by atoms with Crippen molar-refractivity contribution in [2.75, 3.05) is 11.9 Å². The van der Waals surface area contributed by atoms with Crippen LogP contribution in [0.4, 0.5) is 5.69 Å². The van der Waals surface area contributed by atoms with Gasteiger partial charge in [0.15, 0.2) is 0 Å². The number of hydrogen-bond acceptors (Lipinski definition) is 5. The number of ether oxygens (including phenoxy) is 1. The van der Waals surface area contributed by atoms with E-state index in [2.05, 4.69) is 21.2 Å². The maximum Gasteiger partial charge on any atom is 0.275 e. The van der Waals surface area contributed by atoms with Crippen LogP contribution >= 0.6 is 0 Å². The minimum atomic E-state index is -0.525. The number of benzene rings is 2. The molecule has 2 amide bonds. The number of pyridine rings is 1. The molecule has 0 bridgehead atoms. The molecule has 28 heavy (non-hydrogen) atoms. The summed E-state index contributed by atoms with van der Waals surface area (Å²) in [6.07, 6.45) is 1.53. The Morgan fingerprint density at radius 2 is 1.68 bits per heavy atom. The summed E-state index contributed by atoms with van der Waals surface area (Å²) >= 11 is 0. The number of carbonyl (C=O) groups is 2. The van der Waals surface area contributed by atoms with E-state index in [1.54, 1.807) is 24.3 Å². The first kappa shape index (κ1) is 18.9. The van der Waals surface area contributed by atoms with Gasteiger partial charge >= 0.3 is 0 Å². The molecule has 0 saturated carbocycles. The van der Waals surface area contributed by atoms with E-state index in [4.69, 9.17) is 4.74 Å². The molecule has 3 N–H and O–H groups in total. The highest BCUT2D eigenvalue weighted by atomic mass is 16.5. The number of nitrogens with zero attached hydrogens (tertiary/aromatic N) is 1. The number of para-hydroxylation sites is 1. The molecule has 0 aliphatic rings. The topological polar surface area (TPSA) is 92.4 Å². The van der Waals surface area contributed by atoms with Crippen molar-refractivity contribution in [3.63, 3.8) is 0 Å². The van der Waals surface area contributed by atoms with Gasteiger partial charge in [-0.3, -0.25) is 20.4 Å². The van der Waals surface area contributed by atoms with Crippen molar-refractivity contribution in [3.8, 4) is 11.6 Å². The lowest BCUT2D eigenvalue weighted by molar-refractivity contribution is -0.120. The fourth-order valence-electron chi connectivity index (χ4n) is 2.34. The van der Waals surface area contributed by atoms with E-state index >= 15 is 0 Å². The summed E-state index contributed by atoms with van der Waals surface area (Å²) in [6.45, 7) is 2.00. The fraction of sp³-hybridized carbons (Fsp3) is 0.0952. The Morgan fingerprint density at radius 3 is 2.43 bits per heavy atom. The third kappa shape index (κ3) is 5.31. The highest BCUT2D eigenvalue weighted by molar-refractivity contribution is 5.97. The smallest absolute Gasteiger partial charge is 0.275 e. The highest BCUT2D eigenvalue weighted by Gasteiger charge is 2.15. The van der Waals surface area contributed by atoms with Gasteiger partial charge in [-0.1, -0.05) is 35.9 Å². The van der Waals surface area contributed by atoms with Crippen molar-refractivity contribution in [1.29, 1.82) is 0 Å². The van der Waals surface area contributed by atoms with Gasteiger partial charge in [0.25, 0.3) is 11.8 Å². The molecule has 3 aromatic rings. The minimum Gasteiger partial charge on any atom is -0.438 e. The molecule has 142 valence electrons. The van der Waals surface area contributed by atoms with Gasteiger partial charge in [-0.15, -0.1) is 0 Å². The lowest BCUT2D eigenvalue weighted by atomic mass is 10.2. The molecule has 0 aliphatic heterocycles. The van der Waals surface area contributed by atoms with Crippen molar-refractivity contribution in [2.45, 2.75) is 6.92 Å². The van der Waals surface area contributed by atoms with E-state index in [0.717, 1.165) is 11.3 Å². The zero-order chi connectivity index (χ0) is 19.8. The molecule has 0 unspecified atom stereocenters. The summed E-state index contributed by atoms with van der Waals surface area (Å²) in [4.78, 5) is 28.5. The molecule has 2 aromatic carbocycles.